The Hall–Kier alpha value is -1.36. The molecule has 4 nitrogen and oxygen atoms in total. The Morgan fingerprint density at radius 2 is 2.44 bits per heavy atom. The van der Waals surface area contributed by atoms with E-state index in [4.69, 9.17) is 5.11 Å². The number of aliphatic carboxylic acids is 1. The van der Waals surface area contributed by atoms with Crippen LogP contribution in [-0.4, -0.2) is 17.0 Å². The van der Waals surface area contributed by atoms with E-state index in [0.29, 0.717) is 12.8 Å². The lowest BCUT2D eigenvalue weighted by atomic mass is 9.98. The fourth-order valence-corrected chi connectivity index (χ4v) is 3.10. The lowest BCUT2D eigenvalue weighted by Crippen LogP contribution is -2.08. The first-order chi connectivity index (χ1) is 7.56. The van der Waals surface area contributed by atoms with Gasteiger partial charge in [0.15, 0.2) is 0 Å². The van der Waals surface area contributed by atoms with Crippen LogP contribution in [0.25, 0.3) is 0 Å². The molecule has 1 unspecified atom stereocenters. The largest absolute Gasteiger partial charge is 0.481 e. The second-order valence-electron chi connectivity index (χ2n) is 4.02. The number of nitrogens with one attached hydrogen (secondary N) is 1. The zero-order valence-electron chi connectivity index (χ0n) is 8.95. The molecule has 0 aliphatic carbocycles. The molecule has 2 heterocycles. The van der Waals surface area contributed by atoms with E-state index in [9.17, 15) is 9.59 Å². The minimum Gasteiger partial charge on any atom is -0.481 e. The third-order valence-corrected chi connectivity index (χ3v) is 3.88. The van der Waals surface area contributed by atoms with Gasteiger partial charge < -0.3 is 10.4 Å². The Morgan fingerprint density at radius 3 is 3.12 bits per heavy atom. The molecule has 0 radical (unpaired) electrons. The third kappa shape index (κ3) is 2.24. The van der Waals surface area contributed by atoms with Crippen LogP contribution in [0.4, 0.5) is 5.69 Å². The van der Waals surface area contributed by atoms with E-state index in [1.165, 1.54) is 0 Å². The van der Waals surface area contributed by atoms with Crippen LogP contribution in [0, 0.1) is 6.92 Å². The first-order valence-electron chi connectivity index (χ1n) is 5.18. The molecule has 2 rings (SSSR count). The summed E-state index contributed by atoms with van der Waals surface area (Å²) in [5.41, 5.74) is 0.802. The maximum atomic E-state index is 11.4. The van der Waals surface area contributed by atoms with Gasteiger partial charge in [-0.2, -0.15) is 0 Å². The highest BCUT2D eigenvalue weighted by molar-refractivity contribution is 7.12. The Balaban J connectivity index is 2.33. The molecule has 0 bridgehead atoms. The monoisotopic (exact) mass is 239 g/mol. The van der Waals surface area contributed by atoms with E-state index in [1.807, 2.05) is 13.0 Å². The summed E-state index contributed by atoms with van der Waals surface area (Å²) < 4.78 is 0. The van der Waals surface area contributed by atoms with Crippen LogP contribution in [0.2, 0.25) is 0 Å². The van der Waals surface area contributed by atoms with Crippen LogP contribution in [-0.2, 0) is 9.59 Å². The number of carboxylic acid groups (broad SMARTS) is 1. The molecule has 0 saturated heterocycles. The number of hydrogen-bond acceptors (Lipinski definition) is 3. The average molecular weight is 239 g/mol. The first kappa shape index (κ1) is 11.1. The zero-order chi connectivity index (χ0) is 11.7. The van der Waals surface area contributed by atoms with Crippen molar-refractivity contribution >= 4 is 28.9 Å². The van der Waals surface area contributed by atoms with Crippen LogP contribution in [0.15, 0.2) is 6.07 Å². The number of aryl methyl sites for hydroxylation is 1. The molecule has 2 N–H and O–H groups in total. The summed E-state index contributed by atoms with van der Waals surface area (Å²) in [6.45, 7) is 1.96. The van der Waals surface area contributed by atoms with Crippen molar-refractivity contribution in [3.8, 4) is 0 Å². The number of rotatable bonds is 2. The highest BCUT2D eigenvalue weighted by Crippen LogP contribution is 2.39. The summed E-state index contributed by atoms with van der Waals surface area (Å²) in [7, 11) is 0. The smallest absolute Gasteiger partial charge is 0.303 e. The molecule has 0 spiro atoms. The van der Waals surface area contributed by atoms with Gasteiger partial charge in [-0.1, -0.05) is 0 Å². The normalized spacial score (nSPS) is 19.8. The standard InChI is InChI=1S/C11H13NO3S/c1-6-4-8-11(16-6)7(5-10(14)15)2-3-9(13)12-8/h4,7H,2-3,5H2,1H3,(H,12,13)(H,14,15). The topological polar surface area (TPSA) is 66.4 Å². The minimum absolute atomic E-state index is 0.0214. The number of carboxylic acids is 1. The van der Waals surface area contributed by atoms with Gasteiger partial charge in [-0.3, -0.25) is 9.59 Å². The number of anilines is 1. The van der Waals surface area contributed by atoms with E-state index in [2.05, 4.69) is 5.32 Å². The van der Waals surface area contributed by atoms with Crippen molar-refractivity contribution in [1.82, 2.24) is 0 Å². The van der Waals surface area contributed by atoms with Crippen molar-refractivity contribution in [3.63, 3.8) is 0 Å². The molecule has 1 aromatic rings. The summed E-state index contributed by atoms with van der Waals surface area (Å²) in [6.07, 6.45) is 1.12. The van der Waals surface area contributed by atoms with Crippen molar-refractivity contribution in [3.05, 3.63) is 15.8 Å². The fraction of sp³-hybridized carbons (Fsp3) is 0.455. The SMILES string of the molecule is Cc1cc2c(s1)C(CC(=O)O)CCC(=O)N2. The van der Waals surface area contributed by atoms with Gasteiger partial charge in [-0.25, -0.2) is 0 Å². The maximum absolute atomic E-state index is 11.4. The molecule has 1 aliphatic heterocycles. The van der Waals surface area contributed by atoms with Crippen LogP contribution in [0.3, 0.4) is 0 Å². The van der Waals surface area contributed by atoms with Gasteiger partial charge in [-0.05, 0) is 19.4 Å². The van der Waals surface area contributed by atoms with Crippen LogP contribution in [0.1, 0.15) is 34.9 Å². The third-order valence-electron chi connectivity index (χ3n) is 2.67. The van der Waals surface area contributed by atoms with E-state index in [-0.39, 0.29) is 18.2 Å². The van der Waals surface area contributed by atoms with Crippen LogP contribution in [0.5, 0.6) is 0 Å². The summed E-state index contributed by atoms with van der Waals surface area (Å²) in [4.78, 5) is 24.3. The van der Waals surface area contributed by atoms with E-state index >= 15 is 0 Å². The molecule has 0 aromatic carbocycles. The molecule has 1 aromatic heterocycles. The Morgan fingerprint density at radius 1 is 1.69 bits per heavy atom. The minimum atomic E-state index is -0.809. The number of thiophene rings is 1. The number of carbonyl (C=O) groups is 2. The average Bonchev–Trinajstić information content (AvgIpc) is 2.47. The highest BCUT2D eigenvalue weighted by atomic mass is 32.1. The fourth-order valence-electron chi connectivity index (χ4n) is 1.99. The van der Waals surface area contributed by atoms with Gasteiger partial charge >= 0.3 is 5.97 Å². The van der Waals surface area contributed by atoms with Crippen LogP contribution >= 0.6 is 11.3 Å². The second-order valence-corrected chi connectivity index (χ2v) is 5.30. The summed E-state index contributed by atoms with van der Waals surface area (Å²) in [6, 6.07) is 1.91. The van der Waals surface area contributed by atoms with Crippen molar-refractivity contribution in [2.24, 2.45) is 0 Å². The van der Waals surface area contributed by atoms with Gasteiger partial charge in [0, 0.05) is 22.1 Å². The zero-order valence-corrected chi connectivity index (χ0v) is 9.76. The van der Waals surface area contributed by atoms with E-state index < -0.39 is 5.97 Å². The van der Waals surface area contributed by atoms with Crippen LogP contribution < -0.4 is 5.32 Å². The molecule has 0 fully saturated rings. The van der Waals surface area contributed by atoms with Crippen molar-refractivity contribution in [2.45, 2.75) is 32.1 Å². The molecule has 16 heavy (non-hydrogen) atoms. The first-order valence-corrected chi connectivity index (χ1v) is 6.00. The van der Waals surface area contributed by atoms with Crippen molar-refractivity contribution in [1.29, 1.82) is 0 Å². The summed E-state index contributed by atoms with van der Waals surface area (Å²) in [5.74, 6) is -0.867. The Labute approximate surface area is 97.3 Å². The number of amides is 1. The van der Waals surface area contributed by atoms with E-state index in [0.717, 1.165) is 15.4 Å². The maximum Gasteiger partial charge on any atom is 0.303 e. The van der Waals surface area contributed by atoms with Gasteiger partial charge in [0.25, 0.3) is 0 Å². The lowest BCUT2D eigenvalue weighted by Gasteiger charge is -2.10. The molecule has 1 atom stereocenters. The highest BCUT2D eigenvalue weighted by Gasteiger charge is 2.25. The van der Waals surface area contributed by atoms with Crippen molar-refractivity contribution < 1.29 is 14.7 Å². The molecule has 5 heteroatoms. The number of fused-ring (bicyclic) bond motifs is 1. The molecule has 86 valence electrons. The quantitative estimate of drug-likeness (QED) is 0.832. The molecule has 1 amide bonds. The van der Waals surface area contributed by atoms with E-state index in [1.54, 1.807) is 11.3 Å². The predicted octanol–water partition coefficient (Wildman–Crippen LogP) is 2.35. The van der Waals surface area contributed by atoms with Gasteiger partial charge in [-0.15, -0.1) is 11.3 Å². The molecule has 0 saturated carbocycles. The van der Waals surface area contributed by atoms with Gasteiger partial charge in [0.1, 0.15) is 0 Å². The summed E-state index contributed by atoms with van der Waals surface area (Å²) >= 11 is 1.58. The predicted molar refractivity (Wildman–Crippen MR) is 61.9 cm³/mol. The van der Waals surface area contributed by atoms with Crippen molar-refractivity contribution in [2.75, 3.05) is 5.32 Å². The Kier molecular flexibility index (Phi) is 2.96. The number of carbonyl (C=O) groups excluding carboxylic acids is 1. The molecular formula is C11H13NO3S. The lowest BCUT2D eigenvalue weighted by molar-refractivity contribution is -0.137. The molecule has 1 aliphatic rings. The molecular weight excluding hydrogens is 226 g/mol. The second kappa shape index (κ2) is 4.25. The number of hydrogen-bond donors (Lipinski definition) is 2. The summed E-state index contributed by atoms with van der Waals surface area (Å²) in [5, 5.41) is 11.7. The van der Waals surface area contributed by atoms with Gasteiger partial charge in [0.05, 0.1) is 12.1 Å². The Bertz CT molecular complexity index is 438. The van der Waals surface area contributed by atoms with Gasteiger partial charge in [0.2, 0.25) is 5.91 Å².